The Morgan fingerprint density at radius 1 is 0.921 bits per heavy atom. The third-order valence-electron chi connectivity index (χ3n) is 6.52. The van der Waals surface area contributed by atoms with Crippen molar-refractivity contribution >= 4 is 34.2 Å². The number of pyridine rings is 2. The Kier molecular flexibility index (Phi) is 6.41. The molecule has 1 saturated heterocycles. The minimum absolute atomic E-state index is 0.145. The lowest BCUT2D eigenvalue weighted by molar-refractivity contribution is 0.122. The summed E-state index contributed by atoms with van der Waals surface area (Å²) in [5, 5.41) is 3.98. The zero-order valence-electron chi connectivity index (χ0n) is 20.7. The number of morpholine rings is 1. The highest BCUT2D eigenvalue weighted by molar-refractivity contribution is 5.78. The van der Waals surface area contributed by atoms with Crippen LogP contribution < -0.4 is 21.5 Å². The molecule has 1 aliphatic heterocycles. The van der Waals surface area contributed by atoms with Crippen LogP contribution in [0.15, 0.2) is 90.0 Å². The molecule has 9 nitrogen and oxygen atoms in total. The third kappa shape index (κ3) is 4.91. The number of anilines is 4. The Morgan fingerprint density at radius 2 is 1.76 bits per heavy atom. The number of benzene rings is 2. The second kappa shape index (κ2) is 10.3. The third-order valence-corrected chi connectivity index (χ3v) is 6.52. The molecule has 5 aromatic rings. The van der Waals surface area contributed by atoms with Gasteiger partial charge in [0.1, 0.15) is 5.82 Å². The largest absolute Gasteiger partial charge is 0.399 e. The minimum Gasteiger partial charge on any atom is -0.399 e. The maximum Gasteiger partial charge on any atom is 0.260 e. The maximum atomic E-state index is 13.8. The van der Waals surface area contributed by atoms with E-state index in [2.05, 4.69) is 20.2 Å². The summed E-state index contributed by atoms with van der Waals surface area (Å²) in [7, 11) is 0. The number of rotatable bonds is 6. The van der Waals surface area contributed by atoms with E-state index in [-0.39, 0.29) is 5.56 Å². The lowest BCUT2D eigenvalue weighted by Gasteiger charge is -2.27. The number of aromatic nitrogens is 4. The molecule has 0 aliphatic carbocycles. The summed E-state index contributed by atoms with van der Waals surface area (Å²) >= 11 is 0. The van der Waals surface area contributed by atoms with E-state index in [1.54, 1.807) is 29.1 Å². The molecular formula is C29H27N7O2. The Morgan fingerprint density at radius 3 is 2.53 bits per heavy atom. The van der Waals surface area contributed by atoms with Crippen molar-refractivity contribution < 1.29 is 4.74 Å². The maximum absolute atomic E-state index is 13.8. The summed E-state index contributed by atoms with van der Waals surface area (Å²) in [5.41, 5.74) is 10.1. The lowest BCUT2D eigenvalue weighted by Crippen LogP contribution is -2.36. The molecule has 0 atom stereocenters. The van der Waals surface area contributed by atoms with Crippen LogP contribution in [0.25, 0.3) is 16.7 Å². The van der Waals surface area contributed by atoms with Gasteiger partial charge in [-0.25, -0.2) is 9.97 Å². The number of hydrogen-bond donors (Lipinski definition) is 2. The normalized spacial score (nSPS) is 13.5. The van der Waals surface area contributed by atoms with E-state index >= 15 is 0 Å². The molecule has 6 rings (SSSR count). The summed E-state index contributed by atoms with van der Waals surface area (Å²) in [6, 6.07) is 22.9. The van der Waals surface area contributed by atoms with Gasteiger partial charge in [-0.3, -0.25) is 9.36 Å². The molecule has 190 valence electrons. The second-order valence-corrected chi connectivity index (χ2v) is 9.17. The van der Waals surface area contributed by atoms with E-state index in [0.717, 1.165) is 35.5 Å². The molecule has 38 heavy (non-hydrogen) atoms. The Hall–Kier alpha value is -4.76. The van der Waals surface area contributed by atoms with Gasteiger partial charge in [0, 0.05) is 42.3 Å². The first-order chi connectivity index (χ1) is 18.6. The highest BCUT2D eigenvalue weighted by Gasteiger charge is 2.15. The second-order valence-electron chi connectivity index (χ2n) is 9.17. The van der Waals surface area contributed by atoms with Gasteiger partial charge in [-0.15, -0.1) is 0 Å². The fraction of sp³-hybridized carbons (Fsp3) is 0.172. The van der Waals surface area contributed by atoms with E-state index in [4.69, 9.17) is 15.5 Å². The van der Waals surface area contributed by atoms with Crippen LogP contribution in [-0.4, -0.2) is 45.8 Å². The summed E-state index contributed by atoms with van der Waals surface area (Å²) < 4.78 is 7.03. The van der Waals surface area contributed by atoms with Crippen molar-refractivity contribution in [3.05, 3.63) is 107 Å². The fourth-order valence-corrected chi connectivity index (χ4v) is 4.63. The van der Waals surface area contributed by atoms with Gasteiger partial charge in [-0.05, 0) is 42.0 Å². The molecule has 3 aromatic heterocycles. The highest BCUT2D eigenvalue weighted by Crippen LogP contribution is 2.22. The summed E-state index contributed by atoms with van der Waals surface area (Å²) in [6.45, 7) is 3.05. The number of ether oxygens (including phenoxy) is 1. The average molecular weight is 506 g/mol. The van der Waals surface area contributed by atoms with Crippen molar-refractivity contribution in [3.63, 3.8) is 0 Å². The van der Waals surface area contributed by atoms with Crippen molar-refractivity contribution in [3.8, 4) is 5.69 Å². The van der Waals surface area contributed by atoms with Crippen LogP contribution in [0, 0.1) is 0 Å². The monoisotopic (exact) mass is 505 g/mol. The zero-order valence-corrected chi connectivity index (χ0v) is 20.7. The van der Waals surface area contributed by atoms with Crippen molar-refractivity contribution in [2.24, 2.45) is 0 Å². The molecule has 2 aromatic carbocycles. The summed E-state index contributed by atoms with van der Waals surface area (Å²) in [4.78, 5) is 29.8. The SMILES string of the molecule is Nc1cccc(-n2c(=O)c(Cc3ccccc3)cc3cnc(Nc4ccc(N5CCOCC5)nc4)nc32)c1. The van der Waals surface area contributed by atoms with Gasteiger partial charge in [0.25, 0.3) is 5.56 Å². The lowest BCUT2D eigenvalue weighted by atomic mass is 10.1. The Labute approximate surface area is 219 Å². The zero-order chi connectivity index (χ0) is 25.9. The first kappa shape index (κ1) is 23.6. The molecular weight excluding hydrogens is 478 g/mol. The molecule has 1 aliphatic rings. The number of fused-ring (bicyclic) bond motifs is 1. The number of nitrogens with two attached hydrogens (primary N) is 1. The molecule has 4 heterocycles. The van der Waals surface area contributed by atoms with Gasteiger partial charge >= 0.3 is 0 Å². The van der Waals surface area contributed by atoms with Crippen LogP contribution in [0.3, 0.4) is 0 Å². The van der Waals surface area contributed by atoms with Crippen molar-refractivity contribution in [1.82, 2.24) is 19.5 Å². The van der Waals surface area contributed by atoms with Crippen molar-refractivity contribution in [2.45, 2.75) is 6.42 Å². The summed E-state index contributed by atoms with van der Waals surface area (Å²) in [5.74, 6) is 1.27. The van der Waals surface area contributed by atoms with Crippen molar-refractivity contribution in [2.75, 3.05) is 42.3 Å². The Bertz CT molecular complexity index is 1630. The van der Waals surface area contributed by atoms with Crippen LogP contribution in [-0.2, 0) is 11.2 Å². The van der Waals surface area contributed by atoms with Crippen LogP contribution in [0.2, 0.25) is 0 Å². The molecule has 3 N–H and O–H groups in total. The van der Waals surface area contributed by atoms with E-state index in [9.17, 15) is 4.79 Å². The molecule has 0 spiro atoms. The molecule has 0 saturated carbocycles. The fourth-order valence-electron chi connectivity index (χ4n) is 4.63. The predicted molar refractivity (Wildman–Crippen MR) is 149 cm³/mol. The molecule has 0 radical (unpaired) electrons. The topological polar surface area (TPSA) is 111 Å². The first-order valence-corrected chi connectivity index (χ1v) is 12.5. The quantitative estimate of drug-likeness (QED) is 0.334. The average Bonchev–Trinajstić information content (AvgIpc) is 2.95. The van der Waals surface area contributed by atoms with Gasteiger partial charge in [0.05, 0.1) is 30.8 Å². The van der Waals surface area contributed by atoms with Crippen LogP contribution in [0.4, 0.5) is 23.1 Å². The number of hydrogen-bond acceptors (Lipinski definition) is 8. The smallest absolute Gasteiger partial charge is 0.260 e. The van der Waals surface area contributed by atoms with Crippen molar-refractivity contribution in [1.29, 1.82) is 0 Å². The molecule has 1 fully saturated rings. The standard InChI is InChI=1S/C29H27N7O2/c30-23-7-4-8-25(17-23)36-27-22(16-21(28(36)37)15-20-5-2-1-3-6-20)18-32-29(34-27)33-24-9-10-26(31-19-24)35-11-13-38-14-12-35/h1-10,16-19H,11-15,30H2,(H,32,33,34). The Balaban J connectivity index is 1.38. The van der Waals surface area contributed by atoms with Gasteiger partial charge in [0.2, 0.25) is 5.95 Å². The van der Waals surface area contributed by atoms with Gasteiger partial charge < -0.3 is 20.7 Å². The van der Waals surface area contributed by atoms with Gasteiger partial charge in [0.15, 0.2) is 5.65 Å². The highest BCUT2D eigenvalue weighted by atomic mass is 16.5. The molecule has 0 amide bonds. The number of nitrogens with zero attached hydrogens (tertiary/aromatic N) is 5. The molecule has 0 unspecified atom stereocenters. The minimum atomic E-state index is -0.145. The first-order valence-electron chi connectivity index (χ1n) is 12.5. The van der Waals surface area contributed by atoms with E-state index in [1.165, 1.54) is 0 Å². The van der Waals surface area contributed by atoms with Crippen LogP contribution in [0.1, 0.15) is 11.1 Å². The van der Waals surface area contributed by atoms with Gasteiger partial charge in [-0.2, -0.15) is 4.98 Å². The van der Waals surface area contributed by atoms with Crippen LogP contribution in [0.5, 0.6) is 0 Å². The van der Waals surface area contributed by atoms with E-state index in [0.29, 0.717) is 48.2 Å². The molecule has 9 heteroatoms. The summed E-state index contributed by atoms with van der Waals surface area (Å²) in [6.07, 6.45) is 3.99. The predicted octanol–water partition coefficient (Wildman–Crippen LogP) is 3.93. The number of nitrogens with one attached hydrogen (secondary N) is 1. The van der Waals surface area contributed by atoms with Gasteiger partial charge in [-0.1, -0.05) is 36.4 Å². The van der Waals surface area contributed by atoms with E-state index < -0.39 is 0 Å². The number of nitrogen functional groups attached to an aromatic ring is 1. The molecule has 0 bridgehead atoms. The van der Waals surface area contributed by atoms with E-state index in [1.807, 2.05) is 60.7 Å². The van der Waals surface area contributed by atoms with Crippen LogP contribution >= 0.6 is 0 Å².